The predicted molar refractivity (Wildman–Crippen MR) is 93.5 cm³/mol. The lowest BCUT2D eigenvalue weighted by Crippen LogP contribution is -2.33. The minimum absolute atomic E-state index is 0.0641. The van der Waals surface area contributed by atoms with Gasteiger partial charge in [0.05, 0.1) is 16.7 Å². The molecule has 7 nitrogen and oxygen atoms in total. The van der Waals surface area contributed by atoms with Crippen molar-refractivity contribution < 1.29 is 28.8 Å². The lowest BCUT2D eigenvalue weighted by molar-refractivity contribution is -0.147. The summed E-state index contributed by atoms with van der Waals surface area (Å²) in [5, 5.41) is 0.623. The van der Waals surface area contributed by atoms with Crippen molar-refractivity contribution in [3.63, 3.8) is 0 Å². The van der Waals surface area contributed by atoms with Crippen LogP contribution in [0, 0.1) is 10.8 Å². The van der Waals surface area contributed by atoms with Gasteiger partial charge in [-0.3, -0.25) is 14.4 Å². The van der Waals surface area contributed by atoms with Crippen molar-refractivity contribution in [2.45, 2.75) is 48.0 Å². The zero-order valence-electron chi connectivity index (χ0n) is 15.8. The minimum atomic E-state index is -0.966. The maximum Gasteiger partial charge on any atom is 0.332 e. The van der Waals surface area contributed by atoms with Crippen LogP contribution in [0.4, 0.5) is 5.69 Å². The third kappa shape index (κ3) is 4.09. The zero-order valence-corrected chi connectivity index (χ0v) is 15.8. The van der Waals surface area contributed by atoms with Crippen LogP contribution in [0.3, 0.4) is 0 Å². The molecule has 0 atom stereocenters. The molecule has 0 fully saturated rings. The zero-order chi connectivity index (χ0) is 19.9. The molecule has 7 heteroatoms. The second kappa shape index (κ2) is 6.55. The molecule has 26 heavy (non-hydrogen) atoms. The van der Waals surface area contributed by atoms with Crippen molar-refractivity contribution in [3.8, 4) is 5.75 Å². The summed E-state index contributed by atoms with van der Waals surface area (Å²) in [7, 11) is 0. The summed E-state index contributed by atoms with van der Waals surface area (Å²) in [5.41, 5.74) is -0.622. The molecule has 0 saturated heterocycles. The van der Waals surface area contributed by atoms with E-state index in [1.54, 1.807) is 13.8 Å². The summed E-state index contributed by atoms with van der Waals surface area (Å²) < 4.78 is 5.45. The molecular weight excluding hydrogens is 338 g/mol. The molecule has 0 aliphatic carbocycles. The Balaban J connectivity index is 2.27. The summed E-state index contributed by atoms with van der Waals surface area (Å²) in [4.78, 5) is 52.4. The Morgan fingerprint density at radius 2 is 1.69 bits per heavy atom. The second-order valence-corrected chi connectivity index (χ2v) is 8.20. The van der Waals surface area contributed by atoms with Crippen LogP contribution in [-0.4, -0.2) is 23.6 Å². The van der Waals surface area contributed by atoms with Crippen LogP contribution in [0.25, 0.3) is 0 Å². The van der Waals surface area contributed by atoms with Gasteiger partial charge in [-0.2, -0.15) is 0 Å². The van der Waals surface area contributed by atoms with E-state index in [1.807, 2.05) is 20.8 Å². The number of esters is 1. The van der Waals surface area contributed by atoms with E-state index < -0.39 is 29.0 Å². The SMILES string of the molecule is CC(=O)ON1C(=O)C(=O)c2ccc(OC(=O)C(C)(C)CC(C)(C)C)cc21. The topological polar surface area (TPSA) is 90.0 Å². The van der Waals surface area contributed by atoms with Crippen LogP contribution < -0.4 is 9.80 Å². The van der Waals surface area contributed by atoms with E-state index >= 15 is 0 Å². The van der Waals surface area contributed by atoms with Gasteiger partial charge in [0.15, 0.2) is 0 Å². The average molecular weight is 361 g/mol. The molecule has 1 amide bonds. The average Bonchev–Trinajstić information content (AvgIpc) is 2.69. The largest absolute Gasteiger partial charge is 0.426 e. The Kier molecular flexibility index (Phi) is 4.94. The van der Waals surface area contributed by atoms with Crippen LogP contribution in [0.5, 0.6) is 5.75 Å². The van der Waals surface area contributed by atoms with E-state index in [9.17, 15) is 19.2 Å². The van der Waals surface area contributed by atoms with Gasteiger partial charge in [0.25, 0.3) is 5.78 Å². The highest BCUT2D eigenvalue weighted by Crippen LogP contribution is 2.36. The Labute approximate surface area is 152 Å². The maximum absolute atomic E-state index is 12.5. The van der Waals surface area contributed by atoms with Crippen molar-refractivity contribution in [2.24, 2.45) is 10.8 Å². The molecule has 0 unspecified atom stereocenters. The molecule has 1 heterocycles. The standard InChI is InChI=1S/C19H23NO6/c1-11(21)26-20-14-9-12(7-8-13(14)15(22)16(20)23)25-17(24)19(5,6)10-18(2,3)4/h7-9H,10H2,1-6H3. The number of anilines is 1. The second-order valence-electron chi connectivity index (χ2n) is 8.20. The summed E-state index contributed by atoms with van der Waals surface area (Å²) in [6.07, 6.45) is 0.611. The predicted octanol–water partition coefficient (Wildman–Crippen LogP) is 3.06. The van der Waals surface area contributed by atoms with Gasteiger partial charge in [0, 0.05) is 13.0 Å². The number of ether oxygens (including phenoxy) is 1. The summed E-state index contributed by atoms with van der Waals surface area (Å²) in [5.74, 6) is -2.76. The van der Waals surface area contributed by atoms with Gasteiger partial charge < -0.3 is 9.57 Å². The van der Waals surface area contributed by atoms with Crippen LogP contribution >= 0.6 is 0 Å². The van der Waals surface area contributed by atoms with Crippen LogP contribution in [0.2, 0.25) is 0 Å². The molecule has 0 bridgehead atoms. The van der Waals surface area contributed by atoms with E-state index in [4.69, 9.17) is 9.57 Å². The Morgan fingerprint density at radius 3 is 2.23 bits per heavy atom. The van der Waals surface area contributed by atoms with Crippen molar-refractivity contribution in [2.75, 3.05) is 5.06 Å². The van der Waals surface area contributed by atoms with E-state index in [-0.39, 0.29) is 22.4 Å². The lowest BCUT2D eigenvalue weighted by atomic mass is 9.76. The number of hydrogen-bond acceptors (Lipinski definition) is 6. The normalized spacial score (nSPS) is 14.3. The van der Waals surface area contributed by atoms with Gasteiger partial charge in [0.1, 0.15) is 5.75 Å². The molecule has 0 spiro atoms. The number of fused-ring (bicyclic) bond motifs is 1. The van der Waals surface area contributed by atoms with Crippen LogP contribution in [0.15, 0.2) is 18.2 Å². The maximum atomic E-state index is 12.5. The fourth-order valence-corrected chi connectivity index (χ4v) is 3.11. The smallest absolute Gasteiger partial charge is 0.332 e. The molecule has 1 aliphatic rings. The highest BCUT2D eigenvalue weighted by Gasteiger charge is 2.39. The summed E-state index contributed by atoms with van der Waals surface area (Å²) in [6.45, 7) is 10.8. The first-order valence-electron chi connectivity index (χ1n) is 8.25. The lowest BCUT2D eigenvalue weighted by Gasteiger charge is -2.30. The van der Waals surface area contributed by atoms with E-state index in [0.29, 0.717) is 11.5 Å². The third-order valence-electron chi connectivity index (χ3n) is 3.77. The molecular formula is C19H23NO6. The van der Waals surface area contributed by atoms with Gasteiger partial charge in [-0.25, -0.2) is 4.79 Å². The van der Waals surface area contributed by atoms with E-state index in [0.717, 1.165) is 6.92 Å². The molecule has 140 valence electrons. The first kappa shape index (κ1) is 19.6. The first-order chi connectivity index (χ1) is 11.8. The fourth-order valence-electron chi connectivity index (χ4n) is 3.11. The van der Waals surface area contributed by atoms with Gasteiger partial charge in [-0.1, -0.05) is 20.8 Å². The van der Waals surface area contributed by atoms with Crippen LogP contribution in [0.1, 0.15) is 58.3 Å². The highest BCUT2D eigenvalue weighted by molar-refractivity contribution is 6.51. The van der Waals surface area contributed by atoms with Gasteiger partial charge >= 0.3 is 17.8 Å². The molecule has 0 saturated carbocycles. The van der Waals surface area contributed by atoms with Gasteiger partial charge in [-0.15, -0.1) is 5.06 Å². The van der Waals surface area contributed by atoms with Crippen molar-refractivity contribution in [1.29, 1.82) is 0 Å². The van der Waals surface area contributed by atoms with Crippen molar-refractivity contribution >= 4 is 29.3 Å². The number of Topliss-reactive ketones (excluding diaryl/α,β-unsaturated/α-hetero) is 1. The number of nitrogens with zero attached hydrogens (tertiary/aromatic N) is 1. The summed E-state index contributed by atoms with van der Waals surface area (Å²) >= 11 is 0. The van der Waals surface area contributed by atoms with Gasteiger partial charge in [-0.05, 0) is 37.8 Å². The number of hydroxylamine groups is 1. The molecule has 0 aromatic heterocycles. The molecule has 1 aliphatic heterocycles. The number of ketones is 1. The molecule has 1 aromatic rings. The third-order valence-corrected chi connectivity index (χ3v) is 3.77. The van der Waals surface area contributed by atoms with Gasteiger partial charge in [0.2, 0.25) is 0 Å². The molecule has 0 radical (unpaired) electrons. The number of carbonyl (C=O) groups excluding carboxylic acids is 4. The number of rotatable bonds is 4. The van der Waals surface area contributed by atoms with Crippen molar-refractivity contribution in [3.05, 3.63) is 23.8 Å². The Bertz CT molecular complexity index is 788. The number of carbonyl (C=O) groups is 4. The Hall–Kier alpha value is -2.70. The molecule has 0 N–H and O–H groups in total. The van der Waals surface area contributed by atoms with E-state index in [2.05, 4.69) is 0 Å². The number of amides is 1. The highest BCUT2D eigenvalue weighted by atomic mass is 16.7. The van der Waals surface area contributed by atoms with Crippen LogP contribution in [-0.2, 0) is 19.2 Å². The Morgan fingerprint density at radius 1 is 1.08 bits per heavy atom. The quantitative estimate of drug-likeness (QED) is 0.465. The minimum Gasteiger partial charge on any atom is -0.426 e. The monoisotopic (exact) mass is 361 g/mol. The molecule has 2 rings (SSSR count). The number of benzene rings is 1. The van der Waals surface area contributed by atoms with Crippen molar-refractivity contribution in [1.82, 2.24) is 0 Å². The number of hydrogen-bond donors (Lipinski definition) is 0. The first-order valence-corrected chi connectivity index (χ1v) is 8.25. The van der Waals surface area contributed by atoms with E-state index in [1.165, 1.54) is 18.2 Å². The molecule has 1 aromatic carbocycles. The summed E-state index contributed by atoms with van der Waals surface area (Å²) in [6, 6.07) is 4.15. The fraction of sp³-hybridized carbons (Fsp3) is 0.474.